The fraction of sp³-hybridized carbons (Fsp3) is 0.364. The van der Waals surface area contributed by atoms with Crippen LogP contribution in [0.2, 0.25) is 0 Å². The first-order valence-corrected chi connectivity index (χ1v) is 9.63. The molecule has 0 saturated carbocycles. The summed E-state index contributed by atoms with van der Waals surface area (Å²) in [6, 6.07) is 12.7. The average molecular weight is 362 g/mol. The van der Waals surface area contributed by atoms with E-state index in [1.807, 2.05) is 40.8 Å². The summed E-state index contributed by atoms with van der Waals surface area (Å²) in [5.41, 5.74) is 5.57. The van der Waals surface area contributed by atoms with Gasteiger partial charge >= 0.3 is 6.03 Å². The van der Waals surface area contributed by atoms with E-state index in [0.29, 0.717) is 12.5 Å². The van der Waals surface area contributed by atoms with E-state index in [-0.39, 0.29) is 6.03 Å². The number of piperidine rings is 1. The van der Waals surface area contributed by atoms with Gasteiger partial charge in [0.1, 0.15) is 5.65 Å². The molecule has 0 radical (unpaired) electrons. The number of carbonyl (C=O) groups excluding carboxylic acids is 1. The first-order valence-electron chi connectivity index (χ1n) is 9.63. The molecule has 1 saturated heterocycles. The van der Waals surface area contributed by atoms with Crippen molar-refractivity contribution < 1.29 is 4.79 Å². The molecular weight excluding hydrogens is 336 g/mol. The predicted octanol–water partition coefficient (Wildman–Crippen LogP) is 4.04. The van der Waals surface area contributed by atoms with Crippen molar-refractivity contribution in [3.8, 4) is 0 Å². The number of benzene rings is 1. The number of likely N-dealkylation sites (tertiary alicyclic amines) is 1. The molecule has 1 fully saturated rings. The molecule has 0 aliphatic carbocycles. The van der Waals surface area contributed by atoms with Gasteiger partial charge in [-0.2, -0.15) is 0 Å². The molecule has 1 aliphatic rings. The van der Waals surface area contributed by atoms with Gasteiger partial charge < -0.3 is 14.6 Å². The van der Waals surface area contributed by atoms with Crippen molar-refractivity contribution in [2.24, 2.45) is 0 Å². The molecule has 5 heteroatoms. The van der Waals surface area contributed by atoms with E-state index in [2.05, 4.69) is 41.5 Å². The smallest absolute Gasteiger partial charge is 0.317 e. The lowest BCUT2D eigenvalue weighted by Gasteiger charge is -2.33. The number of amides is 2. The van der Waals surface area contributed by atoms with E-state index in [4.69, 9.17) is 0 Å². The second-order valence-corrected chi connectivity index (χ2v) is 7.51. The highest BCUT2D eigenvalue weighted by molar-refractivity contribution is 5.74. The third-order valence-electron chi connectivity index (χ3n) is 5.37. The van der Waals surface area contributed by atoms with Gasteiger partial charge in [-0.3, -0.25) is 0 Å². The largest absolute Gasteiger partial charge is 0.332 e. The van der Waals surface area contributed by atoms with Crippen molar-refractivity contribution >= 4 is 11.7 Å². The quantitative estimate of drug-likeness (QED) is 0.764. The number of pyridine rings is 1. The minimum Gasteiger partial charge on any atom is -0.332 e. The zero-order valence-electron chi connectivity index (χ0n) is 16.0. The Morgan fingerprint density at radius 2 is 2.15 bits per heavy atom. The lowest BCUT2D eigenvalue weighted by atomic mass is 9.90. The third kappa shape index (κ3) is 3.82. The van der Waals surface area contributed by atoms with Crippen LogP contribution in [-0.2, 0) is 6.54 Å². The number of urea groups is 1. The van der Waals surface area contributed by atoms with Gasteiger partial charge in [-0.15, -0.1) is 0 Å². The number of nitrogens with one attached hydrogen (secondary N) is 1. The summed E-state index contributed by atoms with van der Waals surface area (Å²) in [5.74, 6) is 0.419. The van der Waals surface area contributed by atoms with Crippen LogP contribution in [0.4, 0.5) is 4.79 Å². The molecule has 2 aromatic heterocycles. The minimum absolute atomic E-state index is 0.00105. The Labute approximate surface area is 160 Å². The Morgan fingerprint density at radius 3 is 2.96 bits per heavy atom. The van der Waals surface area contributed by atoms with Gasteiger partial charge in [0.05, 0.1) is 12.2 Å². The van der Waals surface area contributed by atoms with Gasteiger partial charge in [0.2, 0.25) is 0 Å². The SMILES string of the molecule is Cc1cccc([C@@H]2CCCN(C(=O)NCc3cn4cccc(C)c4n3)C2)c1. The van der Waals surface area contributed by atoms with Gasteiger partial charge in [0, 0.05) is 31.4 Å². The fourth-order valence-corrected chi connectivity index (χ4v) is 3.93. The number of hydrogen-bond acceptors (Lipinski definition) is 2. The number of rotatable bonds is 3. The van der Waals surface area contributed by atoms with E-state index in [9.17, 15) is 4.79 Å². The van der Waals surface area contributed by atoms with E-state index in [0.717, 1.165) is 42.8 Å². The standard InChI is InChI=1S/C22H26N4O/c1-16-6-3-8-18(12-16)19-9-5-11-26(14-19)22(27)23-13-20-15-25-10-4-7-17(2)21(25)24-20/h3-4,6-8,10,12,15,19H,5,9,11,13-14H2,1-2H3,(H,23,27)/t19-/m1/s1. The summed E-state index contributed by atoms with van der Waals surface area (Å²) in [5, 5.41) is 3.04. The van der Waals surface area contributed by atoms with Crippen molar-refractivity contribution in [3.63, 3.8) is 0 Å². The van der Waals surface area contributed by atoms with Crippen LogP contribution >= 0.6 is 0 Å². The Kier molecular flexibility index (Phi) is 4.84. The van der Waals surface area contributed by atoms with Crippen molar-refractivity contribution in [3.05, 3.63) is 71.2 Å². The highest BCUT2D eigenvalue weighted by Gasteiger charge is 2.24. The molecule has 0 spiro atoms. The summed E-state index contributed by atoms with van der Waals surface area (Å²) in [6.07, 6.45) is 6.14. The van der Waals surface area contributed by atoms with Crippen LogP contribution in [0.25, 0.3) is 5.65 Å². The lowest BCUT2D eigenvalue weighted by Crippen LogP contribution is -2.44. The second kappa shape index (κ2) is 7.43. The van der Waals surface area contributed by atoms with Gasteiger partial charge in [-0.05, 0) is 43.9 Å². The van der Waals surface area contributed by atoms with Crippen LogP contribution in [0.1, 0.15) is 41.1 Å². The van der Waals surface area contributed by atoms with E-state index in [1.54, 1.807) is 0 Å². The maximum absolute atomic E-state index is 12.7. The normalized spacial score (nSPS) is 17.3. The monoisotopic (exact) mass is 362 g/mol. The highest BCUT2D eigenvalue weighted by atomic mass is 16.2. The maximum atomic E-state index is 12.7. The van der Waals surface area contributed by atoms with Crippen LogP contribution < -0.4 is 5.32 Å². The molecule has 0 unspecified atom stereocenters. The van der Waals surface area contributed by atoms with E-state index in [1.165, 1.54) is 11.1 Å². The Morgan fingerprint density at radius 1 is 1.26 bits per heavy atom. The summed E-state index contributed by atoms with van der Waals surface area (Å²) in [6.45, 7) is 6.21. The zero-order chi connectivity index (χ0) is 18.8. The topological polar surface area (TPSA) is 49.6 Å². The van der Waals surface area contributed by atoms with Gasteiger partial charge in [-0.25, -0.2) is 9.78 Å². The van der Waals surface area contributed by atoms with Crippen molar-refractivity contribution in [2.45, 2.75) is 39.2 Å². The van der Waals surface area contributed by atoms with Gasteiger partial charge in [-0.1, -0.05) is 35.9 Å². The molecule has 5 nitrogen and oxygen atoms in total. The number of imidazole rings is 1. The molecule has 1 atom stereocenters. The summed E-state index contributed by atoms with van der Waals surface area (Å²) < 4.78 is 2.01. The average Bonchev–Trinajstić information content (AvgIpc) is 3.11. The molecule has 1 N–H and O–H groups in total. The van der Waals surface area contributed by atoms with E-state index < -0.39 is 0 Å². The predicted molar refractivity (Wildman–Crippen MR) is 107 cm³/mol. The lowest BCUT2D eigenvalue weighted by molar-refractivity contribution is 0.179. The number of hydrogen-bond donors (Lipinski definition) is 1. The van der Waals surface area contributed by atoms with Crippen molar-refractivity contribution in [2.75, 3.05) is 13.1 Å². The molecule has 4 rings (SSSR count). The number of nitrogens with zero attached hydrogens (tertiary/aromatic N) is 3. The van der Waals surface area contributed by atoms with Gasteiger partial charge in [0.15, 0.2) is 0 Å². The van der Waals surface area contributed by atoms with Crippen LogP contribution in [0.3, 0.4) is 0 Å². The summed E-state index contributed by atoms with van der Waals surface area (Å²) in [7, 11) is 0. The third-order valence-corrected chi connectivity index (χ3v) is 5.37. The molecule has 2 amide bonds. The maximum Gasteiger partial charge on any atom is 0.317 e. The molecular formula is C22H26N4O. The summed E-state index contributed by atoms with van der Waals surface area (Å²) in [4.78, 5) is 19.3. The molecule has 0 bridgehead atoms. The first kappa shape index (κ1) is 17.6. The number of aromatic nitrogens is 2. The summed E-state index contributed by atoms with van der Waals surface area (Å²) >= 11 is 0. The fourth-order valence-electron chi connectivity index (χ4n) is 3.93. The molecule has 1 aromatic carbocycles. The first-order chi connectivity index (χ1) is 13.1. The molecule has 3 heterocycles. The van der Waals surface area contributed by atoms with Crippen LogP contribution in [-0.4, -0.2) is 33.4 Å². The van der Waals surface area contributed by atoms with Crippen LogP contribution in [0, 0.1) is 13.8 Å². The highest BCUT2D eigenvalue weighted by Crippen LogP contribution is 2.27. The van der Waals surface area contributed by atoms with Crippen molar-refractivity contribution in [1.82, 2.24) is 19.6 Å². The minimum atomic E-state index is 0.00105. The number of fused-ring (bicyclic) bond motifs is 1. The Hall–Kier alpha value is -2.82. The number of carbonyl (C=O) groups is 1. The Bertz CT molecular complexity index is 962. The number of aryl methyl sites for hydroxylation is 2. The van der Waals surface area contributed by atoms with Crippen LogP contribution in [0.15, 0.2) is 48.8 Å². The second-order valence-electron chi connectivity index (χ2n) is 7.51. The molecule has 1 aliphatic heterocycles. The van der Waals surface area contributed by atoms with Crippen molar-refractivity contribution in [1.29, 1.82) is 0 Å². The van der Waals surface area contributed by atoms with E-state index >= 15 is 0 Å². The molecule has 3 aromatic rings. The zero-order valence-corrected chi connectivity index (χ0v) is 16.0. The van der Waals surface area contributed by atoms with Crippen LogP contribution in [0.5, 0.6) is 0 Å². The molecule has 140 valence electrons. The Balaban J connectivity index is 1.39. The molecule has 27 heavy (non-hydrogen) atoms. The van der Waals surface area contributed by atoms with Gasteiger partial charge in [0.25, 0.3) is 0 Å².